The zero-order chi connectivity index (χ0) is 12.6. The fourth-order valence-corrected chi connectivity index (χ4v) is 2.48. The highest BCUT2D eigenvalue weighted by Gasteiger charge is 2.35. The topological polar surface area (TPSA) is 82.8 Å². The standard InChI is InChI=1S/C12H17N5O/c1-17-8-9(7-14-17)10-15-11(18-16-10)12(13)5-3-2-4-6-12/h7-8H,2-6,13H2,1H3. The van der Waals surface area contributed by atoms with E-state index in [2.05, 4.69) is 15.2 Å². The minimum atomic E-state index is -0.439. The van der Waals surface area contributed by atoms with Gasteiger partial charge in [-0.05, 0) is 12.8 Å². The van der Waals surface area contributed by atoms with Crippen molar-refractivity contribution in [1.29, 1.82) is 0 Å². The second kappa shape index (κ2) is 4.20. The maximum absolute atomic E-state index is 6.36. The van der Waals surface area contributed by atoms with E-state index in [9.17, 15) is 0 Å². The van der Waals surface area contributed by atoms with Crippen LogP contribution in [-0.4, -0.2) is 19.9 Å². The maximum Gasteiger partial charge on any atom is 0.247 e. The Morgan fingerprint density at radius 1 is 1.33 bits per heavy atom. The Balaban J connectivity index is 1.89. The SMILES string of the molecule is Cn1cc(-c2noc(C3(N)CCCCC3)n2)cn1. The molecule has 0 bridgehead atoms. The van der Waals surface area contributed by atoms with Crippen LogP contribution in [0, 0.1) is 0 Å². The highest BCUT2D eigenvalue weighted by molar-refractivity contribution is 5.51. The number of hydrogen-bond acceptors (Lipinski definition) is 5. The van der Waals surface area contributed by atoms with Crippen LogP contribution in [0.5, 0.6) is 0 Å². The molecule has 0 aromatic carbocycles. The molecular weight excluding hydrogens is 230 g/mol. The third kappa shape index (κ3) is 1.92. The summed E-state index contributed by atoms with van der Waals surface area (Å²) < 4.78 is 7.06. The molecule has 0 aliphatic heterocycles. The third-order valence-electron chi connectivity index (χ3n) is 3.56. The van der Waals surface area contributed by atoms with Gasteiger partial charge < -0.3 is 10.3 Å². The van der Waals surface area contributed by atoms with Gasteiger partial charge in [0.25, 0.3) is 0 Å². The van der Waals surface area contributed by atoms with Gasteiger partial charge in [-0.1, -0.05) is 24.4 Å². The summed E-state index contributed by atoms with van der Waals surface area (Å²) in [4.78, 5) is 4.43. The summed E-state index contributed by atoms with van der Waals surface area (Å²) in [5.74, 6) is 1.12. The maximum atomic E-state index is 6.36. The van der Waals surface area contributed by atoms with Crippen molar-refractivity contribution in [3.05, 3.63) is 18.3 Å². The van der Waals surface area contributed by atoms with Crippen LogP contribution in [0.25, 0.3) is 11.4 Å². The predicted octanol–water partition coefficient (Wildman–Crippen LogP) is 1.59. The number of nitrogens with zero attached hydrogens (tertiary/aromatic N) is 4. The van der Waals surface area contributed by atoms with Crippen molar-refractivity contribution >= 4 is 0 Å². The molecule has 18 heavy (non-hydrogen) atoms. The van der Waals surface area contributed by atoms with Gasteiger partial charge in [-0.2, -0.15) is 10.1 Å². The van der Waals surface area contributed by atoms with Gasteiger partial charge >= 0.3 is 0 Å². The second-order valence-electron chi connectivity index (χ2n) is 5.04. The lowest BCUT2D eigenvalue weighted by molar-refractivity contribution is 0.220. The smallest absolute Gasteiger partial charge is 0.247 e. The lowest BCUT2D eigenvalue weighted by atomic mass is 9.82. The van der Waals surface area contributed by atoms with Crippen molar-refractivity contribution in [3.63, 3.8) is 0 Å². The Hall–Kier alpha value is -1.69. The molecule has 1 saturated carbocycles. The van der Waals surface area contributed by atoms with Gasteiger partial charge in [0, 0.05) is 13.2 Å². The van der Waals surface area contributed by atoms with E-state index >= 15 is 0 Å². The molecule has 1 fully saturated rings. The van der Waals surface area contributed by atoms with Gasteiger partial charge in [-0.3, -0.25) is 4.68 Å². The summed E-state index contributed by atoms with van der Waals surface area (Å²) in [5, 5.41) is 8.10. The fraction of sp³-hybridized carbons (Fsp3) is 0.583. The van der Waals surface area contributed by atoms with Gasteiger partial charge in [-0.25, -0.2) is 0 Å². The van der Waals surface area contributed by atoms with Crippen LogP contribution in [0.4, 0.5) is 0 Å². The molecule has 6 heteroatoms. The van der Waals surface area contributed by atoms with Crippen LogP contribution in [0.15, 0.2) is 16.9 Å². The molecule has 1 aliphatic carbocycles. The summed E-state index contributed by atoms with van der Waals surface area (Å²) in [6, 6.07) is 0. The quantitative estimate of drug-likeness (QED) is 0.871. The third-order valence-corrected chi connectivity index (χ3v) is 3.56. The second-order valence-corrected chi connectivity index (χ2v) is 5.04. The van der Waals surface area contributed by atoms with E-state index in [1.807, 2.05) is 13.2 Å². The highest BCUT2D eigenvalue weighted by Crippen LogP contribution is 2.34. The van der Waals surface area contributed by atoms with Crippen LogP contribution in [0.2, 0.25) is 0 Å². The molecule has 6 nitrogen and oxygen atoms in total. The summed E-state index contributed by atoms with van der Waals surface area (Å²) in [6.45, 7) is 0. The molecule has 2 N–H and O–H groups in total. The van der Waals surface area contributed by atoms with Gasteiger partial charge in [0.1, 0.15) is 0 Å². The monoisotopic (exact) mass is 247 g/mol. The molecule has 0 atom stereocenters. The van der Waals surface area contributed by atoms with E-state index in [0.717, 1.165) is 31.2 Å². The van der Waals surface area contributed by atoms with E-state index in [-0.39, 0.29) is 0 Å². The van der Waals surface area contributed by atoms with Crippen molar-refractivity contribution in [3.8, 4) is 11.4 Å². The first kappa shape index (κ1) is 11.4. The van der Waals surface area contributed by atoms with E-state index in [4.69, 9.17) is 10.3 Å². The zero-order valence-electron chi connectivity index (χ0n) is 10.5. The first-order valence-electron chi connectivity index (χ1n) is 6.29. The molecule has 96 valence electrons. The number of aryl methyl sites for hydroxylation is 1. The number of rotatable bonds is 2. The molecule has 2 aromatic heterocycles. The molecule has 0 unspecified atom stereocenters. The lowest BCUT2D eigenvalue weighted by Gasteiger charge is -2.29. The van der Waals surface area contributed by atoms with E-state index in [1.165, 1.54) is 6.42 Å². The van der Waals surface area contributed by atoms with Crippen molar-refractivity contribution in [2.24, 2.45) is 12.8 Å². The van der Waals surface area contributed by atoms with Crippen molar-refractivity contribution in [2.75, 3.05) is 0 Å². The first-order chi connectivity index (χ1) is 8.67. The van der Waals surface area contributed by atoms with Crippen LogP contribution >= 0.6 is 0 Å². The zero-order valence-corrected chi connectivity index (χ0v) is 10.5. The van der Waals surface area contributed by atoms with Crippen molar-refractivity contribution < 1.29 is 4.52 Å². The molecule has 0 amide bonds. The Bertz CT molecular complexity index is 538. The molecule has 0 spiro atoms. The predicted molar refractivity (Wildman–Crippen MR) is 65.5 cm³/mol. The molecule has 1 aliphatic rings. The molecule has 2 aromatic rings. The first-order valence-corrected chi connectivity index (χ1v) is 6.29. The van der Waals surface area contributed by atoms with Gasteiger partial charge in [0.2, 0.25) is 11.7 Å². The minimum Gasteiger partial charge on any atom is -0.337 e. The van der Waals surface area contributed by atoms with Gasteiger partial charge in [0.15, 0.2) is 0 Å². The van der Waals surface area contributed by atoms with Crippen LogP contribution < -0.4 is 5.73 Å². The summed E-state index contributed by atoms with van der Waals surface area (Å²) >= 11 is 0. The highest BCUT2D eigenvalue weighted by atomic mass is 16.5. The van der Waals surface area contributed by atoms with Crippen LogP contribution in [0.1, 0.15) is 38.0 Å². The van der Waals surface area contributed by atoms with Crippen molar-refractivity contribution in [1.82, 2.24) is 19.9 Å². The van der Waals surface area contributed by atoms with Crippen LogP contribution in [-0.2, 0) is 12.6 Å². The Labute approximate surface area is 105 Å². The van der Waals surface area contributed by atoms with E-state index < -0.39 is 5.54 Å². The van der Waals surface area contributed by atoms with Crippen molar-refractivity contribution in [2.45, 2.75) is 37.6 Å². The summed E-state index contributed by atoms with van der Waals surface area (Å²) in [7, 11) is 1.86. The summed E-state index contributed by atoms with van der Waals surface area (Å²) in [6.07, 6.45) is 8.91. The normalized spacial score (nSPS) is 19.0. The number of hydrogen-bond donors (Lipinski definition) is 1. The Kier molecular flexibility index (Phi) is 2.66. The van der Waals surface area contributed by atoms with Crippen LogP contribution in [0.3, 0.4) is 0 Å². The number of nitrogens with two attached hydrogens (primary N) is 1. The number of aromatic nitrogens is 4. The average Bonchev–Trinajstić information content (AvgIpc) is 2.98. The van der Waals surface area contributed by atoms with E-state index in [1.54, 1.807) is 10.9 Å². The largest absolute Gasteiger partial charge is 0.337 e. The molecule has 0 radical (unpaired) electrons. The Morgan fingerprint density at radius 2 is 2.11 bits per heavy atom. The summed E-state index contributed by atoms with van der Waals surface area (Å²) in [5.41, 5.74) is 6.77. The fourth-order valence-electron chi connectivity index (χ4n) is 2.48. The lowest BCUT2D eigenvalue weighted by Crippen LogP contribution is -2.38. The molecular formula is C12H17N5O. The van der Waals surface area contributed by atoms with Gasteiger partial charge in [0.05, 0.1) is 17.3 Å². The van der Waals surface area contributed by atoms with E-state index in [0.29, 0.717) is 11.7 Å². The molecule has 3 rings (SSSR count). The molecule has 2 heterocycles. The molecule has 0 saturated heterocycles. The average molecular weight is 247 g/mol. The van der Waals surface area contributed by atoms with Gasteiger partial charge in [-0.15, -0.1) is 0 Å². The Morgan fingerprint density at radius 3 is 2.78 bits per heavy atom. The minimum absolute atomic E-state index is 0.439.